The van der Waals surface area contributed by atoms with Crippen LogP contribution in [-0.2, 0) is 0 Å². The molecule has 1 aromatic rings. The Hall–Kier alpha value is -1.24. The predicted molar refractivity (Wildman–Crippen MR) is 41.6 cm³/mol. The Morgan fingerprint density at radius 3 is 2.82 bits per heavy atom. The zero-order valence-electron chi connectivity index (χ0n) is 5.50. The summed E-state index contributed by atoms with van der Waals surface area (Å²) in [6.07, 6.45) is 0. The average molecular weight is 169 g/mol. The first-order valence-electron chi connectivity index (χ1n) is 2.87. The molecule has 56 valence electrons. The monoisotopic (exact) mass is 168 g/mol. The Bertz CT molecular complexity index is 306. The standard InChI is InChI=1S/C7H5ClN2O/c8-6-2-1-5(4-9)7(3-6)10-11/h1-3,10-11H. The normalized spacial score (nSPS) is 8.82. The van der Waals surface area contributed by atoms with Gasteiger partial charge in [-0.3, -0.25) is 10.7 Å². The summed E-state index contributed by atoms with van der Waals surface area (Å²) in [6, 6.07) is 6.48. The van der Waals surface area contributed by atoms with E-state index in [0.717, 1.165) is 0 Å². The van der Waals surface area contributed by atoms with Gasteiger partial charge in [-0.05, 0) is 18.2 Å². The number of benzene rings is 1. The Morgan fingerprint density at radius 1 is 1.55 bits per heavy atom. The molecule has 1 aromatic carbocycles. The van der Waals surface area contributed by atoms with Gasteiger partial charge in [0.05, 0.1) is 11.3 Å². The summed E-state index contributed by atoms with van der Waals surface area (Å²) in [5.41, 5.74) is 2.56. The van der Waals surface area contributed by atoms with Crippen LogP contribution in [0, 0.1) is 11.3 Å². The van der Waals surface area contributed by atoms with Crippen molar-refractivity contribution in [1.82, 2.24) is 0 Å². The lowest BCUT2D eigenvalue weighted by Gasteiger charge is -2.00. The van der Waals surface area contributed by atoms with Crippen molar-refractivity contribution in [3.63, 3.8) is 0 Å². The van der Waals surface area contributed by atoms with Crippen LogP contribution < -0.4 is 5.48 Å². The topological polar surface area (TPSA) is 56.0 Å². The van der Waals surface area contributed by atoms with Gasteiger partial charge in [0.25, 0.3) is 0 Å². The van der Waals surface area contributed by atoms with Crippen molar-refractivity contribution in [3.8, 4) is 6.07 Å². The molecule has 0 atom stereocenters. The molecule has 0 fully saturated rings. The number of nitrogens with zero attached hydrogens (tertiary/aromatic N) is 1. The molecule has 4 heteroatoms. The van der Waals surface area contributed by atoms with Crippen molar-refractivity contribution in [2.45, 2.75) is 0 Å². The van der Waals surface area contributed by atoms with E-state index in [-0.39, 0.29) is 0 Å². The minimum atomic E-state index is 0.319. The molecule has 0 spiro atoms. The van der Waals surface area contributed by atoms with Gasteiger partial charge in [0.15, 0.2) is 0 Å². The quantitative estimate of drug-likeness (QED) is 0.631. The molecule has 0 unspecified atom stereocenters. The van der Waals surface area contributed by atoms with E-state index in [0.29, 0.717) is 16.3 Å². The number of nitriles is 1. The van der Waals surface area contributed by atoms with Crippen LogP contribution in [0.15, 0.2) is 18.2 Å². The highest BCUT2D eigenvalue weighted by Gasteiger charge is 1.99. The fourth-order valence-corrected chi connectivity index (χ4v) is 0.879. The first kappa shape index (κ1) is 7.86. The van der Waals surface area contributed by atoms with Crippen LogP contribution in [0.4, 0.5) is 5.69 Å². The minimum Gasteiger partial charge on any atom is -0.291 e. The van der Waals surface area contributed by atoms with Crippen LogP contribution in [0.2, 0.25) is 5.02 Å². The number of nitrogens with one attached hydrogen (secondary N) is 1. The minimum absolute atomic E-state index is 0.319. The van der Waals surface area contributed by atoms with Crippen LogP contribution >= 0.6 is 11.6 Å². The van der Waals surface area contributed by atoms with E-state index in [4.69, 9.17) is 22.1 Å². The first-order chi connectivity index (χ1) is 5.27. The van der Waals surface area contributed by atoms with Crippen molar-refractivity contribution in [1.29, 1.82) is 5.26 Å². The maximum Gasteiger partial charge on any atom is 0.101 e. The zero-order chi connectivity index (χ0) is 8.27. The van der Waals surface area contributed by atoms with Gasteiger partial charge in [0, 0.05) is 5.02 Å². The highest BCUT2D eigenvalue weighted by atomic mass is 35.5. The van der Waals surface area contributed by atoms with Crippen LogP contribution in [-0.4, -0.2) is 5.21 Å². The molecule has 0 heterocycles. The Kier molecular flexibility index (Phi) is 2.32. The van der Waals surface area contributed by atoms with Crippen molar-refractivity contribution in [2.24, 2.45) is 0 Å². The first-order valence-corrected chi connectivity index (χ1v) is 3.25. The molecule has 0 saturated carbocycles. The van der Waals surface area contributed by atoms with Gasteiger partial charge in [-0.25, -0.2) is 0 Å². The molecule has 0 aliphatic carbocycles. The molecule has 2 N–H and O–H groups in total. The second-order valence-electron chi connectivity index (χ2n) is 1.91. The Balaban J connectivity index is 3.19. The number of hydrogen-bond acceptors (Lipinski definition) is 3. The molecule has 3 nitrogen and oxygen atoms in total. The number of halogens is 1. The fourth-order valence-electron chi connectivity index (χ4n) is 0.706. The average Bonchev–Trinajstić information content (AvgIpc) is 2.04. The third-order valence-corrected chi connectivity index (χ3v) is 1.46. The van der Waals surface area contributed by atoms with Crippen LogP contribution in [0.25, 0.3) is 0 Å². The van der Waals surface area contributed by atoms with Gasteiger partial charge in [-0.15, -0.1) is 0 Å². The van der Waals surface area contributed by atoms with Crippen LogP contribution in [0.3, 0.4) is 0 Å². The maximum atomic E-state index is 8.51. The number of hydrogen-bond donors (Lipinski definition) is 2. The third-order valence-electron chi connectivity index (χ3n) is 1.22. The lowest BCUT2D eigenvalue weighted by Crippen LogP contribution is -1.92. The molecular formula is C7H5ClN2O. The molecule has 0 saturated heterocycles. The maximum absolute atomic E-state index is 8.51. The summed E-state index contributed by atoms with van der Waals surface area (Å²) in [5.74, 6) is 0. The summed E-state index contributed by atoms with van der Waals surface area (Å²) in [5, 5.41) is 17.5. The van der Waals surface area contributed by atoms with Gasteiger partial charge < -0.3 is 0 Å². The molecule has 0 amide bonds. The molecule has 0 aromatic heterocycles. The third kappa shape index (κ3) is 1.61. The van der Waals surface area contributed by atoms with E-state index in [1.807, 2.05) is 11.5 Å². The van der Waals surface area contributed by atoms with Gasteiger partial charge in [0.2, 0.25) is 0 Å². The van der Waals surface area contributed by atoms with E-state index in [9.17, 15) is 0 Å². The van der Waals surface area contributed by atoms with Gasteiger partial charge >= 0.3 is 0 Å². The van der Waals surface area contributed by atoms with E-state index in [2.05, 4.69) is 0 Å². The van der Waals surface area contributed by atoms with E-state index in [1.165, 1.54) is 12.1 Å². The predicted octanol–water partition coefficient (Wildman–Crippen LogP) is 2.01. The summed E-state index contributed by atoms with van der Waals surface area (Å²) >= 11 is 5.59. The Morgan fingerprint density at radius 2 is 2.27 bits per heavy atom. The van der Waals surface area contributed by atoms with Gasteiger partial charge in [0.1, 0.15) is 6.07 Å². The molecule has 0 radical (unpaired) electrons. The molecule has 0 aliphatic rings. The van der Waals surface area contributed by atoms with Crippen LogP contribution in [0.5, 0.6) is 0 Å². The van der Waals surface area contributed by atoms with Crippen molar-refractivity contribution < 1.29 is 5.21 Å². The largest absolute Gasteiger partial charge is 0.291 e. The molecule has 1 rings (SSSR count). The van der Waals surface area contributed by atoms with Gasteiger partial charge in [-0.2, -0.15) is 5.26 Å². The van der Waals surface area contributed by atoms with E-state index in [1.54, 1.807) is 6.07 Å². The number of rotatable bonds is 1. The fraction of sp³-hybridized carbons (Fsp3) is 0. The van der Waals surface area contributed by atoms with Crippen molar-refractivity contribution in [2.75, 3.05) is 5.48 Å². The molecular weight excluding hydrogens is 164 g/mol. The van der Waals surface area contributed by atoms with Crippen LogP contribution in [0.1, 0.15) is 5.56 Å². The second kappa shape index (κ2) is 3.24. The van der Waals surface area contributed by atoms with Crippen molar-refractivity contribution in [3.05, 3.63) is 28.8 Å². The zero-order valence-corrected chi connectivity index (χ0v) is 6.26. The highest BCUT2D eigenvalue weighted by Crippen LogP contribution is 2.19. The molecule has 0 aliphatic heterocycles. The Labute approximate surface area is 68.8 Å². The highest BCUT2D eigenvalue weighted by molar-refractivity contribution is 6.30. The summed E-state index contributed by atoms with van der Waals surface area (Å²) in [7, 11) is 0. The lowest BCUT2D eigenvalue weighted by molar-refractivity contribution is 0.388. The SMILES string of the molecule is N#Cc1ccc(Cl)cc1NO. The second-order valence-corrected chi connectivity index (χ2v) is 2.35. The summed E-state index contributed by atoms with van der Waals surface area (Å²) < 4.78 is 0. The van der Waals surface area contributed by atoms with Crippen molar-refractivity contribution >= 4 is 17.3 Å². The number of anilines is 1. The smallest absolute Gasteiger partial charge is 0.101 e. The van der Waals surface area contributed by atoms with Gasteiger partial charge in [-0.1, -0.05) is 11.6 Å². The molecule has 11 heavy (non-hydrogen) atoms. The summed E-state index contributed by atoms with van der Waals surface area (Å²) in [6.45, 7) is 0. The molecule has 0 bridgehead atoms. The summed E-state index contributed by atoms with van der Waals surface area (Å²) in [4.78, 5) is 0. The lowest BCUT2D eigenvalue weighted by atomic mass is 10.2. The van der Waals surface area contributed by atoms with E-state index >= 15 is 0 Å². The van der Waals surface area contributed by atoms with E-state index < -0.39 is 0 Å².